The molecule has 0 spiro atoms. The lowest BCUT2D eigenvalue weighted by atomic mass is 10.1. The number of carboxylic acids is 1. The molecular formula is C22H17BrN2O4. The molecule has 0 fully saturated rings. The number of benzene rings is 3. The zero-order chi connectivity index (χ0) is 20.6. The average molecular weight is 453 g/mol. The molecule has 6 nitrogen and oxygen atoms in total. The number of carbonyl (C=O) groups excluding carboxylic acids is 1. The standard InChI is InChI=1S/C22H17BrN2O4/c23-19-7-3-2-6-18(19)21(26)25-24-13-17-5-1-4-8-20(17)29-14-15-9-11-16(12-10-15)22(27)28/h1-13H,14H2,(H,25,26)(H,27,28)/b24-13-. The maximum Gasteiger partial charge on any atom is 0.335 e. The van der Waals surface area contributed by atoms with E-state index in [2.05, 4.69) is 26.5 Å². The van der Waals surface area contributed by atoms with E-state index in [0.29, 0.717) is 21.3 Å². The first-order valence-electron chi connectivity index (χ1n) is 8.66. The van der Waals surface area contributed by atoms with Crippen LogP contribution in [0.25, 0.3) is 0 Å². The van der Waals surface area contributed by atoms with Crippen molar-refractivity contribution in [1.29, 1.82) is 0 Å². The summed E-state index contributed by atoms with van der Waals surface area (Å²) in [5.41, 5.74) is 4.74. The number of aromatic carboxylic acids is 1. The summed E-state index contributed by atoms with van der Waals surface area (Å²) < 4.78 is 6.51. The summed E-state index contributed by atoms with van der Waals surface area (Å²) >= 11 is 3.34. The van der Waals surface area contributed by atoms with Crippen molar-refractivity contribution >= 4 is 34.0 Å². The second kappa shape index (κ2) is 9.66. The maximum atomic E-state index is 12.2. The van der Waals surface area contributed by atoms with Crippen LogP contribution in [0.15, 0.2) is 82.4 Å². The maximum absolute atomic E-state index is 12.2. The molecule has 0 bridgehead atoms. The lowest BCUT2D eigenvalue weighted by Crippen LogP contribution is -2.18. The number of nitrogens with one attached hydrogen (secondary N) is 1. The molecule has 29 heavy (non-hydrogen) atoms. The summed E-state index contributed by atoms with van der Waals surface area (Å²) in [4.78, 5) is 23.1. The van der Waals surface area contributed by atoms with Gasteiger partial charge in [-0.25, -0.2) is 10.2 Å². The number of ether oxygens (including phenoxy) is 1. The Hall–Kier alpha value is -3.45. The lowest BCUT2D eigenvalue weighted by Gasteiger charge is -2.09. The number of halogens is 1. The van der Waals surface area contributed by atoms with Gasteiger partial charge in [0.2, 0.25) is 0 Å². The number of nitrogens with zero attached hydrogens (tertiary/aromatic N) is 1. The number of para-hydroxylation sites is 1. The van der Waals surface area contributed by atoms with Crippen molar-refractivity contribution in [3.63, 3.8) is 0 Å². The highest BCUT2D eigenvalue weighted by atomic mass is 79.9. The minimum Gasteiger partial charge on any atom is -0.488 e. The number of hydrogen-bond acceptors (Lipinski definition) is 4. The van der Waals surface area contributed by atoms with E-state index >= 15 is 0 Å². The first kappa shape index (κ1) is 20.3. The zero-order valence-corrected chi connectivity index (χ0v) is 16.8. The first-order chi connectivity index (χ1) is 14.0. The summed E-state index contributed by atoms with van der Waals surface area (Å²) in [7, 11) is 0. The minimum absolute atomic E-state index is 0.224. The number of hydrazone groups is 1. The van der Waals surface area contributed by atoms with E-state index < -0.39 is 5.97 Å². The quantitative estimate of drug-likeness (QED) is 0.408. The Kier molecular flexibility index (Phi) is 6.76. The van der Waals surface area contributed by atoms with Crippen molar-refractivity contribution in [2.24, 2.45) is 5.10 Å². The van der Waals surface area contributed by atoms with Gasteiger partial charge in [-0.2, -0.15) is 5.10 Å². The third-order valence-corrected chi connectivity index (χ3v) is 4.69. The number of carbonyl (C=O) groups is 2. The van der Waals surface area contributed by atoms with Crippen LogP contribution in [0.3, 0.4) is 0 Å². The molecule has 7 heteroatoms. The van der Waals surface area contributed by atoms with Gasteiger partial charge in [0.15, 0.2) is 0 Å². The van der Waals surface area contributed by atoms with Crippen LogP contribution in [0.2, 0.25) is 0 Å². The van der Waals surface area contributed by atoms with Crippen LogP contribution >= 0.6 is 15.9 Å². The molecule has 1 amide bonds. The second-order valence-corrected chi connectivity index (χ2v) is 6.86. The fraction of sp³-hybridized carbons (Fsp3) is 0.0455. The van der Waals surface area contributed by atoms with Crippen LogP contribution in [0, 0.1) is 0 Å². The van der Waals surface area contributed by atoms with Gasteiger partial charge in [0, 0.05) is 10.0 Å². The highest BCUT2D eigenvalue weighted by Crippen LogP contribution is 2.18. The molecule has 0 unspecified atom stereocenters. The average Bonchev–Trinajstić information content (AvgIpc) is 2.73. The van der Waals surface area contributed by atoms with Crippen LogP contribution in [-0.4, -0.2) is 23.2 Å². The normalized spacial score (nSPS) is 10.7. The van der Waals surface area contributed by atoms with Crippen molar-refractivity contribution in [1.82, 2.24) is 5.43 Å². The molecule has 3 aromatic rings. The predicted octanol–water partition coefficient (Wildman–Crippen LogP) is 4.49. The van der Waals surface area contributed by atoms with Crippen molar-refractivity contribution in [2.45, 2.75) is 6.61 Å². The molecule has 3 rings (SSSR count). The fourth-order valence-corrected chi connectivity index (χ4v) is 2.95. The molecule has 0 saturated heterocycles. The van der Waals surface area contributed by atoms with Gasteiger partial charge in [-0.15, -0.1) is 0 Å². The molecule has 0 aliphatic rings. The highest BCUT2D eigenvalue weighted by Gasteiger charge is 2.08. The van der Waals surface area contributed by atoms with E-state index in [4.69, 9.17) is 9.84 Å². The largest absolute Gasteiger partial charge is 0.488 e. The number of hydrogen-bond donors (Lipinski definition) is 2. The smallest absolute Gasteiger partial charge is 0.335 e. The molecule has 0 radical (unpaired) electrons. The predicted molar refractivity (Wildman–Crippen MR) is 113 cm³/mol. The Morgan fingerprint density at radius 3 is 2.41 bits per heavy atom. The molecule has 0 aliphatic carbocycles. The third kappa shape index (κ3) is 5.52. The number of amides is 1. The Morgan fingerprint density at radius 1 is 1.00 bits per heavy atom. The van der Waals surface area contributed by atoms with Gasteiger partial charge in [-0.05, 0) is 57.9 Å². The molecule has 3 aromatic carbocycles. The van der Waals surface area contributed by atoms with Crippen LogP contribution in [0.1, 0.15) is 31.8 Å². The summed E-state index contributed by atoms with van der Waals surface area (Å²) in [6, 6.07) is 20.8. The van der Waals surface area contributed by atoms with Crippen molar-refractivity contribution < 1.29 is 19.4 Å². The molecular weight excluding hydrogens is 436 g/mol. The fourth-order valence-electron chi connectivity index (χ4n) is 2.49. The van der Waals surface area contributed by atoms with Gasteiger partial charge < -0.3 is 9.84 Å². The van der Waals surface area contributed by atoms with E-state index in [1.807, 2.05) is 24.3 Å². The molecule has 0 aromatic heterocycles. The molecule has 0 saturated carbocycles. The van der Waals surface area contributed by atoms with Crippen LogP contribution < -0.4 is 10.2 Å². The SMILES string of the molecule is O=C(O)c1ccc(COc2ccccc2/C=N\NC(=O)c2ccccc2Br)cc1. The molecule has 146 valence electrons. The molecule has 0 atom stereocenters. The van der Waals surface area contributed by atoms with Crippen molar-refractivity contribution in [3.05, 3.63) is 99.5 Å². The summed E-state index contributed by atoms with van der Waals surface area (Å²) in [6.07, 6.45) is 1.51. The van der Waals surface area contributed by atoms with Crippen LogP contribution in [-0.2, 0) is 6.61 Å². The number of carboxylic acid groups (broad SMARTS) is 1. The van der Waals surface area contributed by atoms with E-state index in [-0.39, 0.29) is 18.1 Å². The van der Waals surface area contributed by atoms with Crippen LogP contribution in [0.5, 0.6) is 5.75 Å². The third-order valence-electron chi connectivity index (χ3n) is 4.00. The van der Waals surface area contributed by atoms with Gasteiger partial charge in [-0.3, -0.25) is 4.79 Å². The molecule has 2 N–H and O–H groups in total. The Balaban J connectivity index is 1.64. The van der Waals surface area contributed by atoms with Gasteiger partial charge in [0.05, 0.1) is 17.3 Å². The highest BCUT2D eigenvalue weighted by molar-refractivity contribution is 9.10. The molecule has 0 heterocycles. The van der Waals surface area contributed by atoms with Gasteiger partial charge in [0.25, 0.3) is 5.91 Å². The van der Waals surface area contributed by atoms with Crippen LogP contribution in [0.4, 0.5) is 0 Å². The van der Waals surface area contributed by atoms with Crippen molar-refractivity contribution in [2.75, 3.05) is 0 Å². The van der Waals surface area contributed by atoms with E-state index in [9.17, 15) is 9.59 Å². The Morgan fingerprint density at radius 2 is 1.69 bits per heavy atom. The van der Waals surface area contributed by atoms with E-state index in [1.54, 1.807) is 36.4 Å². The second-order valence-electron chi connectivity index (χ2n) is 6.01. The topological polar surface area (TPSA) is 88.0 Å². The number of rotatable bonds is 7. The first-order valence-corrected chi connectivity index (χ1v) is 9.46. The summed E-state index contributed by atoms with van der Waals surface area (Å²) in [5, 5.41) is 13.0. The van der Waals surface area contributed by atoms with Gasteiger partial charge in [0.1, 0.15) is 12.4 Å². The summed E-state index contributed by atoms with van der Waals surface area (Å²) in [6.45, 7) is 0.272. The zero-order valence-electron chi connectivity index (χ0n) is 15.2. The molecule has 0 aliphatic heterocycles. The minimum atomic E-state index is -0.969. The summed E-state index contributed by atoms with van der Waals surface area (Å²) in [5.74, 6) is -0.706. The van der Waals surface area contributed by atoms with Gasteiger partial charge in [-0.1, -0.05) is 36.4 Å². The van der Waals surface area contributed by atoms with E-state index in [1.165, 1.54) is 18.3 Å². The van der Waals surface area contributed by atoms with E-state index in [0.717, 1.165) is 5.56 Å². The van der Waals surface area contributed by atoms with Crippen molar-refractivity contribution in [3.8, 4) is 5.75 Å². The Bertz CT molecular complexity index is 1050. The lowest BCUT2D eigenvalue weighted by molar-refractivity contribution is 0.0696. The monoisotopic (exact) mass is 452 g/mol. The Labute approximate surface area is 176 Å². The van der Waals surface area contributed by atoms with Gasteiger partial charge >= 0.3 is 5.97 Å².